The molecule has 2 rings (SSSR count). The Kier molecular flexibility index (Phi) is 1.72. The number of nitrogens with zero attached hydrogens (tertiary/aromatic N) is 3. The number of aryl methyl sites for hydroxylation is 1. The lowest BCUT2D eigenvalue weighted by Crippen LogP contribution is -2.34. The normalized spacial score (nSPS) is 15.6. The molecular formula is C8H11N3O2. The molecule has 0 bridgehead atoms. The third kappa shape index (κ3) is 1.37. The minimum atomic E-state index is -0.852. The molecule has 0 aromatic carbocycles. The summed E-state index contributed by atoms with van der Waals surface area (Å²) in [6.07, 6.45) is 1.75. The highest BCUT2D eigenvalue weighted by atomic mass is 16.4. The maximum atomic E-state index is 10.7. The molecule has 0 radical (unpaired) electrons. The van der Waals surface area contributed by atoms with Crippen molar-refractivity contribution in [3.8, 4) is 0 Å². The van der Waals surface area contributed by atoms with Crippen molar-refractivity contribution in [3.63, 3.8) is 0 Å². The molecule has 5 heteroatoms. The number of hydrogen-bond donors (Lipinski definition) is 1. The Balaban J connectivity index is 2.24. The Morgan fingerprint density at radius 1 is 1.69 bits per heavy atom. The molecule has 0 aliphatic carbocycles. The van der Waals surface area contributed by atoms with Gasteiger partial charge < -0.3 is 10.0 Å². The lowest BCUT2D eigenvalue weighted by Gasteiger charge is -2.22. The summed E-state index contributed by atoms with van der Waals surface area (Å²) < 4.78 is 1.73. The molecule has 0 unspecified atom stereocenters. The van der Waals surface area contributed by atoms with Gasteiger partial charge in [-0.2, -0.15) is 5.10 Å². The number of hydrogen-bond acceptors (Lipinski definition) is 2. The SMILES string of the molecule is Cn1cc2c(n1)CCN(C(=O)O)C2. The first kappa shape index (κ1) is 8.10. The quantitative estimate of drug-likeness (QED) is 0.632. The lowest BCUT2D eigenvalue weighted by atomic mass is 10.1. The molecule has 0 spiro atoms. The van der Waals surface area contributed by atoms with Crippen molar-refractivity contribution in [2.75, 3.05) is 6.54 Å². The van der Waals surface area contributed by atoms with Gasteiger partial charge in [-0.25, -0.2) is 4.79 Å². The standard InChI is InChI=1S/C8H11N3O2/c1-10-4-6-5-11(8(12)13)3-2-7(6)9-10/h4H,2-3,5H2,1H3,(H,12,13). The van der Waals surface area contributed by atoms with Gasteiger partial charge in [0.1, 0.15) is 0 Å². The minimum Gasteiger partial charge on any atom is -0.465 e. The molecule has 0 saturated heterocycles. The number of fused-ring (bicyclic) bond motifs is 1. The van der Waals surface area contributed by atoms with E-state index in [1.165, 1.54) is 4.90 Å². The smallest absolute Gasteiger partial charge is 0.407 e. The van der Waals surface area contributed by atoms with Crippen LogP contribution in [0.3, 0.4) is 0 Å². The second-order valence-electron chi connectivity index (χ2n) is 3.23. The van der Waals surface area contributed by atoms with Crippen LogP contribution >= 0.6 is 0 Å². The van der Waals surface area contributed by atoms with Gasteiger partial charge in [0.2, 0.25) is 0 Å². The molecule has 13 heavy (non-hydrogen) atoms. The lowest BCUT2D eigenvalue weighted by molar-refractivity contribution is 0.140. The fraction of sp³-hybridized carbons (Fsp3) is 0.500. The fourth-order valence-corrected chi connectivity index (χ4v) is 1.61. The summed E-state index contributed by atoms with van der Waals surface area (Å²) in [5, 5.41) is 13.0. The Morgan fingerprint density at radius 2 is 2.46 bits per heavy atom. The van der Waals surface area contributed by atoms with Crippen LogP contribution in [0.4, 0.5) is 4.79 Å². The van der Waals surface area contributed by atoms with Gasteiger partial charge in [-0.3, -0.25) is 4.68 Å². The summed E-state index contributed by atoms with van der Waals surface area (Å²) in [6, 6.07) is 0. The topological polar surface area (TPSA) is 58.4 Å². The first-order valence-electron chi connectivity index (χ1n) is 4.16. The van der Waals surface area contributed by atoms with Gasteiger partial charge in [-0.15, -0.1) is 0 Å². The molecule has 1 aliphatic rings. The van der Waals surface area contributed by atoms with Gasteiger partial charge in [0, 0.05) is 31.8 Å². The zero-order chi connectivity index (χ0) is 9.42. The van der Waals surface area contributed by atoms with Crippen molar-refractivity contribution < 1.29 is 9.90 Å². The largest absolute Gasteiger partial charge is 0.465 e. The van der Waals surface area contributed by atoms with E-state index in [4.69, 9.17) is 5.11 Å². The monoisotopic (exact) mass is 181 g/mol. The number of aromatic nitrogens is 2. The van der Waals surface area contributed by atoms with E-state index in [2.05, 4.69) is 5.10 Å². The Labute approximate surface area is 75.6 Å². The summed E-state index contributed by atoms with van der Waals surface area (Å²) in [7, 11) is 1.85. The van der Waals surface area contributed by atoms with E-state index in [1.807, 2.05) is 13.2 Å². The highest BCUT2D eigenvalue weighted by Gasteiger charge is 2.21. The fourth-order valence-electron chi connectivity index (χ4n) is 1.61. The van der Waals surface area contributed by atoms with Crippen molar-refractivity contribution >= 4 is 6.09 Å². The third-order valence-corrected chi connectivity index (χ3v) is 2.24. The van der Waals surface area contributed by atoms with Gasteiger partial charge in [-0.05, 0) is 0 Å². The highest BCUT2D eigenvalue weighted by Crippen LogP contribution is 2.16. The zero-order valence-corrected chi connectivity index (χ0v) is 7.40. The van der Waals surface area contributed by atoms with Crippen molar-refractivity contribution in [2.45, 2.75) is 13.0 Å². The maximum absolute atomic E-state index is 10.7. The molecule has 0 saturated carbocycles. The number of carboxylic acid groups (broad SMARTS) is 1. The van der Waals surface area contributed by atoms with E-state index in [0.29, 0.717) is 13.1 Å². The van der Waals surface area contributed by atoms with Crippen LogP contribution in [-0.4, -0.2) is 32.4 Å². The van der Waals surface area contributed by atoms with Crippen molar-refractivity contribution in [1.82, 2.24) is 14.7 Å². The van der Waals surface area contributed by atoms with Gasteiger partial charge in [0.25, 0.3) is 0 Å². The molecule has 1 amide bonds. The van der Waals surface area contributed by atoms with E-state index in [9.17, 15) is 4.79 Å². The first-order chi connectivity index (χ1) is 6.16. The van der Waals surface area contributed by atoms with E-state index >= 15 is 0 Å². The predicted molar refractivity (Wildman–Crippen MR) is 45.3 cm³/mol. The van der Waals surface area contributed by atoms with Crippen LogP contribution in [0.5, 0.6) is 0 Å². The molecule has 70 valence electrons. The second kappa shape index (κ2) is 2.76. The molecule has 1 aromatic rings. The molecule has 1 aliphatic heterocycles. The Bertz CT molecular complexity index is 345. The van der Waals surface area contributed by atoms with Crippen LogP contribution in [0.15, 0.2) is 6.20 Å². The molecule has 5 nitrogen and oxygen atoms in total. The Morgan fingerprint density at radius 3 is 3.15 bits per heavy atom. The van der Waals surface area contributed by atoms with Crippen LogP contribution in [0, 0.1) is 0 Å². The third-order valence-electron chi connectivity index (χ3n) is 2.24. The molecular weight excluding hydrogens is 170 g/mol. The number of carbonyl (C=O) groups is 1. The molecule has 1 N–H and O–H groups in total. The molecule has 0 fully saturated rings. The second-order valence-corrected chi connectivity index (χ2v) is 3.23. The zero-order valence-electron chi connectivity index (χ0n) is 7.40. The van der Waals surface area contributed by atoms with Gasteiger partial charge in [0.15, 0.2) is 0 Å². The van der Waals surface area contributed by atoms with Crippen LogP contribution in [0.25, 0.3) is 0 Å². The summed E-state index contributed by atoms with van der Waals surface area (Å²) in [6.45, 7) is 1.03. The summed E-state index contributed by atoms with van der Waals surface area (Å²) in [5.74, 6) is 0. The average molecular weight is 181 g/mol. The number of amides is 1. The molecule has 1 aromatic heterocycles. The predicted octanol–water partition coefficient (Wildman–Crippen LogP) is 0.456. The van der Waals surface area contributed by atoms with Gasteiger partial charge >= 0.3 is 6.09 Å². The van der Waals surface area contributed by atoms with Gasteiger partial charge in [-0.1, -0.05) is 0 Å². The maximum Gasteiger partial charge on any atom is 0.407 e. The van der Waals surface area contributed by atoms with Crippen LogP contribution in [-0.2, 0) is 20.0 Å². The summed E-state index contributed by atoms with van der Waals surface area (Å²) >= 11 is 0. The first-order valence-corrected chi connectivity index (χ1v) is 4.16. The molecule has 0 atom stereocenters. The van der Waals surface area contributed by atoms with E-state index in [0.717, 1.165) is 17.7 Å². The van der Waals surface area contributed by atoms with Crippen LogP contribution in [0.1, 0.15) is 11.3 Å². The van der Waals surface area contributed by atoms with Crippen LogP contribution < -0.4 is 0 Å². The van der Waals surface area contributed by atoms with Crippen molar-refractivity contribution in [1.29, 1.82) is 0 Å². The average Bonchev–Trinajstić information content (AvgIpc) is 2.42. The Hall–Kier alpha value is -1.52. The minimum absolute atomic E-state index is 0.471. The van der Waals surface area contributed by atoms with E-state index in [1.54, 1.807) is 4.68 Å². The van der Waals surface area contributed by atoms with Crippen molar-refractivity contribution in [3.05, 3.63) is 17.5 Å². The summed E-state index contributed by atoms with van der Waals surface area (Å²) in [4.78, 5) is 12.1. The van der Waals surface area contributed by atoms with E-state index in [-0.39, 0.29) is 0 Å². The highest BCUT2D eigenvalue weighted by molar-refractivity contribution is 5.65. The summed E-state index contributed by atoms with van der Waals surface area (Å²) in [5.41, 5.74) is 2.05. The van der Waals surface area contributed by atoms with Crippen LogP contribution in [0.2, 0.25) is 0 Å². The van der Waals surface area contributed by atoms with Crippen molar-refractivity contribution in [2.24, 2.45) is 7.05 Å². The molecule has 2 heterocycles. The number of rotatable bonds is 0. The van der Waals surface area contributed by atoms with E-state index < -0.39 is 6.09 Å². The van der Waals surface area contributed by atoms with Gasteiger partial charge in [0.05, 0.1) is 12.2 Å².